The van der Waals surface area contributed by atoms with Crippen molar-refractivity contribution >= 4 is 28.6 Å². The Morgan fingerprint density at radius 1 is 1.08 bits per heavy atom. The second kappa shape index (κ2) is 5.36. The minimum atomic E-state index is -0.475. The molecule has 7 heteroatoms. The first-order valence-electron chi connectivity index (χ1n) is 8.11. The van der Waals surface area contributed by atoms with Gasteiger partial charge in [-0.3, -0.25) is 4.90 Å². The van der Waals surface area contributed by atoms with Crippen LogP contribution >= 0.6 is 0 Å². The smallest absolute Gasteiger partial charge is 0.336 e. The summed E-state index contributed by atoms with van der Waals surface area (Å²) in [6, 6.07) is 8.74. The van der Waals surface area contributed by atoms with Crippen molar-refractivity contribution in [2.24, 2.45) is 21.5 Å². The van der Waals surface area contributed by atoms with Crippen molar-refractivity contribution in [1.29, 1.82) is 0 Å². The zero-order valence-electron chi connectivity index (χ0n) is 13.2. The minimum absolute atomic E-state index is 0.234. The maximum absolute atomic E-state index is 11.4. The molecule has 4 N–H and O–H groups in total. The highest BCUT2D eigenvalue weighted by molar-refractivity contribution is 6.06. The summed E-state index contributed by atoms with van der Waals surface area (Å²) in [5, 5.41) is 0.827. The number of rotatable bonds is 1. The van der Waals surface area contributed by atoms with Crippen molar-refractivity contribution in [3.05, 3.63) is 40.8 Å². The fraction of sp³-hybridized carbons (Fsp3) is 0.353. The molecular formula is C17H19N5O2. The predicted octanol–water partition coefficient (Wildman–Crippen LogP) is 1.90. The van der Waals surface area contributed by atoms with Crippen LogP contribution < -0.4 is 22.0 Å². The van der Waals surface area contributed by atoms with Crippen molar-refractivity contribution in [3.63, 3.8) is 0 Å². The van der Waals surface area contributed by atoms with Crippen LogP contribution in [0.4, 0.5) is 5.69 Å². The highest BCUT2D eigenvalue weighted by Gasteiger charge is 2.42. The van der Waals surface area contributed by atoms with Gasteiger partial charge in [0.2, 0.25) is 11.9 Å². The molecule has 24 heavy (non-hydrogen) atoms. The minimum Gasteiger partial charge on any atom is -0.423 e. The molecule has 0 unspecified atom stereocenters. The second-order valence-electron chi connectivity index (χ2n) is 6.30. The van der Waals surface area contributed by atoms with E-state index in [4.69, 9.17) is 15.9 Å². The zero-order chi connectivity index (χ0) is 16.7. The number of aliphatic imine (C=N–C) groups is 2. The third-order valence-electron chi connectivity index (χ3n) is 4.71. The lowest BCUT2D eigenvalue weighted by Gasteiger charge is -2.45. The summed E-state index contributed by atoms with van der Waals surface area (Å²) >= 11 is 0. The largest absolute Gasteiger partial charge is 0.423 e. The first-order valence-corrected chi connectivity index (χ1v) is 8.11. The molecule has 2 heterocycles. The number of hydrogen-bond donors (Lipinski definition) is 2. The number of benzene rings is 1. The molecule has 1 aromatic carbocycles. The van der Waals surface area contributed by atoms with Crippen LogP contribution in [0.1, 0.15) is 32.1 Å². The van der Waals surface area contributed by atoms with Crippen LogP contribution in [-0.2, 0) is 0 Å². The quantitative estimate of drug-likeness (QED) is 0.778. The van der Waals surface area contributed by atoms with Gasteiger partial charge in [0.05, 0.1) is 0 Å². The lowest BCUT2D eigenvalue weighted by molar-refractivity contribution is 0.305. The highest BCUT2D eigenvalue weighted by Crippen LogP contribution is 2.39. The number of guanidine groups is 2. The molecule has 1 saturated carbocycles. The van der Waals surface area contributed by atoms with Crippen LogP contribution in [0.5, 0.6) is 0 Å². The second-order valence-corrected chi connectivity index (χ2v) is 6.30. The molecule has 2 aromatic rings. The maximum Gasteiger partial charge on any atom is 0.336 e. The van der Waals surface area contributed by atoms with E-state index in [0.717, 1.165) is 36.8 Å². The van der Waals surface area contributed by atoms with Gasteiger partial charge in [-0.25, -0.2) is 9.79 Å². The SMILES string of the molecule is NC1=NC2(CCCCC2)N(c2ccc3oc(=O)ccc3c2)C(N)=N1. The number of nitrogens with two attached hydrogens (primary N) is 2. The predicted molar refractivity (Wildman–Crippen MR) is 94.0 cm³/mol. The molecule has 1 aliphatic carbocycles. The molecule has 0 atom stereocenters. The average Bonchev–Trinajstić information content (AvgIpc) is 2.55. The Labute approximate surface area is 138 Å². The van der Waals surface area contributed by atoms with Crippen LogP contribution in [0.15, 0.2) is 49.5 Å². The molecule has 124 valence electrons. The van der Waals surface area contributed by atoms with E-state index in [0.29, 0.717) is 11.5 Å². The van der Waals surface area contributed by atoms with Crippen LogP contribution in [0, 0.1) is 0 Å². The Morgan fingerprint density at radius 3 is 2.67 bits per heavy atom. The van der Waals surface area contributed by atoms with Crippen molar-refractivity contribution < 1.29 is 4.42 Å². The molecule has 1 aliphatic heterocycles. The Morgan fingerprint density at radius 2 is 1.88 bits per heavy atom. The highest BCUT2D eigenvalue weighted by atomic mass is 16.4. The van der Waals surface area contributed by atoms with Gasteiger partial charge in [-0.05, 0) is 49.9 Å². The molecule has 1 spiro atoms. The molecule has 1 aromatic heterocycles. The van der Waals surface area contributed by atoms with Crippen LogP contribution in [0.25, 0.3) is 11.0 Å². The van der Waals surface area contributed by atoms with Crippen LogP contribution in [0.3, 0.4) is 0 Å². The van der Waals surface area contributed by atoms with E-state index < -0.39 is 5.66 Å². The molecule has 4 rings (SSSR count). The van der Waals surface area contributed by atoms with E-state index >= 15 is 0 Å². The molecule has 1 fully saturated rings. The van der Waals surface area contributed by atoms with Gasteiger partial charge in [0.15, 0.2) is 0 Å². The summed E-state index contributed by atoms with van der Waals surface area (Å²) in [5.41, 5.74) is 12.7. The summed E-state index contributed by atoms with van der Waals surface area (Å²) in [4.78, 5) is 22.1. The zero-order valence-corrected chi connectivity index (χ0v) is 13.2. The Bertz CT molecular complexity index is 909. The van der Waals surface area contributed by atoms with E-state index in [1.807, 2.05) is 17.0 Å². The molecule has 0 radical (unpaired) electrons. The summed E-state index contributed by atoms with van der Waals surface area (Å²) in [6.45, 7) is 0. The average molecular weight is 325 g/mol. The van der Waals surface area contributed by atoms with Crippen molar-refractivity contribution in [1.82, 2.24) is 0 Å². The van der Waals surface area contributed by atoms with Gasteiger partial charge in [-0.15, -0.1) is 0 Å². The number of fused-ring (bicyclic) bond motifs is 1. The third kappa shape index (κ3) is 2.33. The molecule has 0 amide bonds. The fourth-order valence-corrected chi connectivity index (χ4v) is 3.69. The van der Waals surface area contributed by atoms with Crippen LogP contribution in [-0.4, -0.2) is 17.6 Å². The van der Waals surface area contributed by atoms with Gasteiger partial charge in [0.25, 0.3) is 0 Å². The van der Waals surface area contributed by atoms with E-state index in [1.54, 1.807) is 12.1 Å². The van der Waals surface area contributed by atoms with Gasteiger partial charge in [-0.1, -0.05) is 6.42 Å². The van der Waals surface area contributed by atoms with E-state index in [-0.39, 0.29) is 11.6 Å². The standard InChI is InChI=1S/C17H19N5O2/c18-15-20-16(19)22(17(21-15)8-2-1-3-9-17)12-5-6-13-11(10-12)4-7-14(23)24-13/h4-7,10H,1-3,8-9H2,(H4,18,19,20,21). The molecule has 7 nitrogen and oxygen atoms in total. The Hall–Kier alpha value is -2.83. The number of hydrogen-bond acceptors (Lipinski definition) is 7. The number of anilines is 1. The number of nitrogens with zero attached hydrogens (tertiary/aromatic N) is 3. The monoisotopic (exact) mass is 325 g/mol. The molecule has 0 saturated heterocycles. The fourth-order valence-electron chi connectivity index (χ4n) is 3.69. The molecule has 2 aliphatic rings. The van der Waals surface area contributed by atoms with Crippen molar-refractivity contribution in [3.8, 4) is 0 Å². The third-order valence-corrected chi connectivity index (χ3v) is 4.71. The topological polar surface area (TPSA) is 110 Å². The first-order chi connectivity index (χ1) is 11.6. The van der Waals surface area contributed by atoms with Gasteiger partial charge in [-0.2, -0.15) is 4.99 Å². The normalized spacial score (nSPS) is 20.1. The van der Waals surface area contributed by atoms with E-state index in [9.17, 15) is 4.79 Å². The first kappa shape index (κ1) is 14.7. The maximum atomic E-state index is 11.4. The molecule has 0 bridgehead atoms. The summed E-state index contributed by atoms with van der Waals surface area (Å²) in [7, 11) is 0. The van der Waals surface area contributed by atoms with Gasteiger partial charge >= 0.3 is 5.63 Å². The van der Waals surface area contributed by atoms with Crippen molar-refractivity contribution in [2.75, 3.05) is 4.90 Å². The summed E-state index contributed by atoms with van der Waals surface area (Å²) < 4.78 is 5.20. The summed E-state index contributed by atoms with van der Waals surface area (Å²) in [6.07, 6.45) is 5.09. The van der Waals surface area contributed by atoms with E-state index in [1.165, 1.54) is 12.5 Å². The summed E-state index contributed by atoms with van der Waals surface area (Å²) in [5.74, 6) is 0.582. The van der Waals surface area contributed by atoms with Crippen molar-refractivity contribution in [2.45, 2.75) is 37.8 Å². The van der Waals surface area contributed by atoms with Gasteiger partial charge in [0, 0.05) is 17.1 Å². The lowest BCUT2D eigenvalue weighted by atomic mass is 9.87. The Balaban J connectivity index is 1.84. The lowest BCUT2D eigenvalue weighted by Crippen LogP contribution is -2.58. The van der Waals surface area contributed by atoms with Gasteiger partial charge < -0.3 is 15.9 Å². The Kier molecular flexibility index (Phi) is 3.30. The van der Waals surface area contributed by atoms with E-state index in [2.05, 4.69) is 9.98 Å². The van der Waals surface area contributed by atoms with Gasteiger partial charge in [0.1, 0.15) is 11.2 Å². The van der Waals surface area contributed by atoms with Crippen LogP contribution in [0.2, 0.25) is 0 Å². The molecular weight excluding hydrogens is 306 g/mol.